The summed E-state index contributed by atoms with van der Waals surface area (Å²) in [4.78, 5) is 0. The number of aliphatic hydroxyl groups excluding tert-OH is 1. The minimum absolute atomic E-state index is 0.306. The molecule has 0 radical (unpaired) electrons. The molecule has 3 aromatic rings. The summed E-state index contributed by atoms with van der Waals surface area (Å²) in [7, 11) is 0. The van der Waals surface area contributed by atoms with Gasteiger partial charge in [-0.2, -0.15) is 0 Å². The lowest BCUT2D eigenvalue weighted by Crippen LogP contribution is -1.90. The number of unbranched alkanes of at least 4 members (excludes halogenated alkanes) is 2. The van der Waals surface area contributed by atoms with Crippen molar-refractivity contribution < 1.29 is 5.11 Å². The van der Waals surface area contributed by atoms with E-state index in [0.717, 1.165) is 25.7 Å². The van der Waals surface area contributed by atoms with Gasteiger partial charge in [-0.25, -0.2) is 0 Å². The molecule has 102 valence electrons. The number of fused-ring (bicyclic) bond motifs is 2. The Balaban J connectivity index is 1.97. The third kappa shape index (κ3) is 2.68. The average molecular weight is 264 g/mol. The summed E-state index contributed by atoms with van der Waals surface area (Å²) in [5, 5.41) is 14.2. The highest BCUT2D eigenvalue weighted by Gasteiger charge is 2.03. The fourth-order valence-corrected chi connectivity index (χ4v) is 2.85. The quantitative estimate of drug-likeness (QED) is 0.523. The Labute approximate surface area is 119 Å². The molecule has 0 bridgehead atoms. The molecule has 0 fully saturated rings. The summed E-state index contributed by atoms with van der Waals surface area (Å²) in [5.41, 5.74) is 1.42. The molecule has 0 saturated heterocycles. The number of aryl methyl sites for hydroxylation is 1. The predicted molar refractivity (Wildman–Crippen MR) is 86.1 cm³/mol. The second-order valence-electron chi connectivity index (χ2n) is 5.37. The van der Waals surface area contributed by atoms with Crippen LogP contribution in [0.4, 0.5) is 0 Å². The predicted octanol–water partition coefficient (Wildman–Crippen LogP) is 4.70. The molecule has 0 aliphatic heterocycles. The number of hydrogen-bond donors (Lipinski definition) is 1. The molecule has 0 unspecified atom stereocenters. The average Bonchev–Trinajstić information content (AvgIpc) is 2.50. The molecule has 0 saturated carbocycles. The minimum atomic E-state index is 0.306. The van der Waals surface area contributed by atoms with Gasteiger partial charge in [0.1, 0.15) is 0 Å². The Morgan fingerprint density at radius 3 is 2.25 bits per heavy atom. The van der Waals surface area contributed by atoms with Crippen LogP contribution in [0.25, 0.3) is 21.5 Å². The van der Waals surface area contributed by atoms with Crippen molar-refractivity contribution in [3.63, 3.8) is 0 Å². The summed E-state index contributed by atoms with van der Waals surface area (Å²) >= 11 is 0. The molecule has 0 aromatic heterocycles. The van der Waals surface area contributed by atoms with Crippen LogP contribution in [0.5, 0.6) is 0 Å². The van der Waals surface area contributed by atoms with Crippen molar-refractivity contribution in [1.82, 2.24) is 0 Å². The largest absolute Gasteiger partial charge is 0.396 e. The topological polar surface area (TPSA) is 20.2 Å². The first-order valence-electron chi connectivity index (χ1n) is 7.40. The molecule has 0 aliphatic rings. The van der Waals surface area contributed by atoms with Gasteiger partial charge in [0.15, 0.2) is 0 Å². The van der Waals surface area contributed by atoms with Crippen LogP contribution in [0, 0.1) is 0 Å². The van der Waals surface area contributed by atoms with Gasteiger partial charge >= 0.3 is 0 Å². The van der Waals surface area contributed by atoms with Gasteiger partial charge in [0, 0.05) is 6.61 Å². The normalized spacial score (nSPS) is 11.2. The van der Waals surface area contributed by atoms with E-state index >= 15 is 0 Å². The summed E-state index contributed by atoms with van der Waals surface area (Å²) in [5.74, 6) is 0. The molecule has 0 atom stereocenters. The molecule has 0 aliphatic carbocycles. The zero-order valence-electron chi connectivity index (χ0n) is 11.7. The van der Waals surface area contributed by atoms with E-state index in [0.29, 0.717) is 6.61 Å². The molecule has 0 amide bonds. The number of rotatable bonds is 5. The van der Waals surface area contributed by atoms with E-state index in [1.54, 1.807) is 0 Å². The maximum absolute atomic E-state index is 8.85. The van der Waals surface area contributed by atoms with Crippen molar-refractivity contribution in [3.05, 3.63) is 60.2 Å². The Morgan fingerprint density at radius 2 is 1.45 bits per heavy atom. The van der Waals surface area contributed by atoms with E-state index in [-0.39, 0.29) is 0 Å². The molecular formula is C19H20O. The van der Waals surface area contributed by atoms with Crippen molar-refractivity contribution in [3.8, 4) is 0 Å². The van der Waals surface area contributed by atoms with E-state index in [9.17, 15) is 0 Å². The molecule has 0 spiro atoms. The van der Waals surface area contributed by atoms with Crippen LogP contribution in [0.3, 0.4) is 0 Å². The molecular weight excluding hydrogens is 244 g/mol. The monoisotopic (exact) mass is 264 g/mol. The second kappa shape index (κ2) is 6.06. The van der Waals surface area contributed by atoms with Gasteiger partial charge in [-0.05, 0) is 58.5 Å². The highest BCUT2D eigenvalue weighted by atomic mass is 16.2. The fraction of sp³-hybridized carbons (Fsp3) is 0.263. The van der Waals surface area contributed by atoms with Gasteiger partial charge in [0.2, 0.25) is 0 Å². The maximum Gasteiger partial charge on any atom is 0.0431 e. The summed E-state index contributed by atoms with van der Waals surface area (Å²) < 4.78 is 0. The molecule has 1 heteroatoms. The van der Waals surface area contributed by atoms with Crippen molar-refractivity contribution in [2.24, 2.45) is 0 Å². The second-order valence-corrected chi connectivity index (χ2v) is 5.37. The first kappa shape index (κ1) is 13.1. The number of benzene rings is 3. The Hall–Kier alpha value is -1.86. The van der Waals surface area contributed by atoms with Crippen LogP contribution in [-0.2, 0) is 6.42 Å². The lowest BCUT2D eigenvalue weighted by molar-refractivity contribution is 0.283. The molecule has 3 aromatic carbocycles. The minimum Gasteiger partial charge on any atom is -0.396 e. The van der Waals surface area contributed by atoms with Crippen molar-refractivity contribution in [1.29, 1.82) is 0 Å². The SMILES string of the molecule is OCCCCCc1cccc2cc3ccccc3cc12. The number of aliphatic hydroxyl groups is 1. The Kier molecular flexibility index (Phi) is 3.98. The Bertz CT molecular complexity index is 715. The summed E-state index contributed by atoms with van der Waals surface area (Å²) in [6.07, 6.45) is 4.25. The van der Waals surface area contributed by atoms with Gasteiger partial charge < -0.3 is 5.11 Å². The summed E-state index contributed by atoms with van der Waals surface area (Å²) in [6, 6.07) is 19.7. The highest BCUT2D eigenvalue weighted by Crippen LogP contribution is 2.26. The van der Waals surface area contributed by atoms with Crippen molar-refractivity contribution in [2.75, 3.05) is 6.61 Å². The van der Waals surface area contributed by atoms with Crippen LogP contribution in [0.1, 0.15) is 24.8 Å². The molecule has 3 rings (SSSR count). The number of hydrogen-bond acceptors (Lipinski definition) is 1. The third-order valence-electron chi connectivity index (χ3n) is 3.94. The van der Waals surface area contributed by atoms with Gasteiger partial charge in [0.05, 0.1) is 0 Å². The molecule has 20 heavy (non-hydrogen) atoms. The van der Waals surface area contributed by atoms with E-state index in [1.807, 2.05) is 0 Å². The highest BCUT2D eigenvalue weighted by molar-refractivity contribution is 5.99. The zero-order valence-corrected chi connectivity index (χ0v) is 11.7. The van der Waals surface area contributed by atoms with Gasteiger partial charge in [-0.15, -0.1) is 0 Å². The standard InChI is InChI=1S/C19H20O/c20-12-5-1-2-7-15-10-6-11-18-13-16-8-3-4-9-17(16)14-19(15)18/h3-4,6,8-11,13-14,20H,1-2,5,7,12H2. The van der Waals surface area contributed by atoms with Crippen LogP contribution in [0.15, 0.2) is 54.6 Å². The van der Waals surface area contributed by atoms with Gasteiger partial charge in [0.25, 0.3) is 0 Å². The third-order valence-corrected chi connectivity index (χ3v) is 3.94. The Morgan fingerprint density at radius 1 is 0.700 bits per heavy atom. The maximum atomic E-state index is 8.85. The first-order chi connectivity index (χ1) is 9.88. The van der Waals surface area contributed by atoms with Gasteiger partial charge in [-0.3, -0.25) is 0 Å². The summed E-state index contributed by atoms with van der Waals surface area (Å²) in [6.45, 7) is 0.306. The molecule has 1 N–H and O–H groups in total. The first-order valence-corrected chi connectivity index (χ1v) is 7.40. The fourth-order valence-electron chi connectivity index (χ4n) is 2.85. The van der Waals surface area contributed by atoms with Crippen molar-refractivity contribution in [2.45, 2.75) is 25.7 Å². The van der Waals surface area contributed by atoms with Crippen molar-refractivity contribution >= 4 is 21.5 Å². The molecule has 1 nitrogen and oxygen atoms in total. The van der Waals surface area contributed by atoms with Crippen LogP contribution in [0.2, 0.25) is 0 Å². The van der Waals surface area contributed by atoms with Gasteiger partial charge in [-0.1, -0.05) is 48.9 Å². The molecule has 0 heterocycles. The van der Waals surface area contributed by atoms with E-state index in [2.05, 4.69) is 54.6 Å². The lowest BCUT2D eigenvalue weighted by Gasteiger charge is -2.08. The van der Waals surface area contributed by atoms with Crippen LogP contribution < -0.4 is 0 Å². The van der Waals surface area contributed by atoms with E-state index < -0.39 is 0 Å². The zero-order chi connectivity index (χ0) is 13.8. The lowest BCUT2D eigenvalue weighted by atomic mass is 9.97. The van der Waals surface area contributed by atoms with Crippen LogP contribution in [-0.4, -0.2) is 11.7 Å². The van der Waals surface area contributed by atoms with E-state index in [1.165, 1.54) is 27.1 Å². The smallest absolute Gasteiger partial charge is 0.0431 e. The van der Waals surface area contributed by atoms with E-state index in [4.69, 9.17) is 5.11 Å². The van der Waals surface area contributed by atoms with Crippen LogP contribution >= 0.6 is 0 Å².